The molecular formula is C12H14N4O2. The van der Waals surface area contributed by atoms with Gasteiger partial charge in [-0.05, 0) is 19.8 Å². The lowest BCUT2D eigenvalue weighted by Crippen LogP contribution is -2.33. The van der Waals surface area contributed by atoms with Crippen molar-refractivity contribution >= 4 is 17.8 Å². The van der Waals surface area contributed by atoms with Gasteiger partial charge in [-0.15, -0.1) is 10.2 Å². The van der Waals surface area contributed by atoms with Crippen LogP contribution < -0.4 is 4.90 Å². The van der Waals surface area contributed by atoms with Crippen molar-refractivity contribution in [3.8, 4) is 0 Å². The van der Waals surface area contributed by atoms with E-state index in [1.807, 2.05) is 13.8 Å². The Hall–Kier alpha value is -2.11. The van der Waals surface area contributed by atoms with Crippen LogP contribution >= 0.6 is 0 Å². The smallest absolute Gasteiger partial charge is 0.263 e. The quantitative estimate of drug-likeness (QED) is 0.738. The molecule has 0 spiro atoms. The van der Waals surface area contributed by atoms with Crippen LogP contribution in [0.3, 0.4) is 0 Å². The molecule has 0 fully saturated rings. The SMILES string of the molecule is CCc1nnc(N2C(=O)C=C(C)C2=O)nc1CC. The predicted octanol–water partition coefficient (Wildman–Crippen LogP) is 0.816. The molecule has 2 amide bonds. The van der Waals surface area contributed by atoms with Gasteiger partial charge in [0.1, 0.15) is 0 Å². The van der Waals surface area contributed by atoms with Crippen LogP contribution in [0.5, 0.6) is 0 Å². The zero-order valence-electron chi connectivity index (χ0n) is 10.6. The van der Waals surface area contributed by atoms with Crippen LogP contribution in [0.4, 0.5) is 5.95 Å². The van der Waals surface area contributed by atoms with E-state index in [0.29, 0.717) is 12.0 Å². The van der Waals surface area contributed by atoms with E-state index in [0.717, 1.165) is 22.7 Å². The molecular weight excluding hydrogens is 232 g/mol. The monoisotopic (exact) mass is 246 g/mol. The van der Waals surface area contributed by atoms with E-state index in [9.17, 15) is 9.59 Å². The van der Waals surface area contributed by atoms with Crippen LogP contribution in [0.25, 0.3) is 0 Å². The number of aromatic nitrogens is 3. The molecule has 1 aliphatic rings. The highest BCUT2D eigenvalue weighted by Crippen LogP contribution is 2.18. The van der Waals surface area contributed by atoms with Gasteiger partial charge in [0.2, 0.25) is 0 Å². The summed E-state index contributed by atoms with van der Waals surface area (Å²) in [5.74, 6) is -0.731. The average molecular weight is 246 g/mol. The summed E-state index contributed by atoms with van der Waals surface area (Å²) in [7, 11) is 0. The molecule has 6 nitrogen and oxygen atoms in total. The summed E-state index contributed by atoms with van der Waals surface area (Å²) in [6.07, 6.45) is 2.70. The molecule has 0 radical (unpaired) electrons. The lowest BCUT2D eigenvalue weighted by atomic mass is 10.2. The number of aryl methyl sites for hydroxylation is 2. The molecule has 1 aromatic heterocycles. The molecule has 0 saturated carbocycles. The molecule has 0 bridgehead atoms. The van der Waals surface area contributed by atoms with Gasteiger partial charge < -0.3 is 0 Å². The third-order valence-electron chi connectivity index (χ3n) is 2.80. The summed E-state index contributed by atoms with van der Waals surface area (Å²) in [4.78, 5) is 28.7. The van der Waals surface area contributed by atoms with Crippen molar-refractivity contribution in [2.24, 2.45) is 0 Å². The summed E-state index contributed by atoms with van der Waals surface area (Å²) < 4.78 is 0. The molecule has 0 atom stereocenters. The van der Waals surface area contributed by atoms with Crippen LogP contribution in [0.15, 0.2) is 11.6 Å². The molecule has 18 heavy (non-hydrogen) atoms. The number of carbonyl (C=O) groups is 2. The Morgan fingerprint density at radius 1 is 1.11 bits per heavy atom. The highest BCUT2D eigenvalue weighted by molar-refractivity contribution is 6.29. The van der Waals surface area contributed by atoms with E-state index < -0.39 is 5.91 Å². The minimum Gasteiger partial charge on any atom is -0.269 e. The molecule has 0 aromatic carbocycles. The average Bonchev–Trinajstić information content (AvgIpc) is 2.62. The Balaban J connectivity index is 2.41. The van der Waals surface area contributed by atoms with Crippen molar-refractivity contribution in [3.05, 3.63) is 23.0 Å². The molecule has 1 aliphatic heterocycles. The van der Waals surface area contributed by atoms with Crippen LogP contribution in [-0.4, -0.2) is 27.0 Å². The number of anilines is 1. The Morgan fingerprint density at radius 3 is 2.28 bits per heavy atom. The van der Waals surface area contributed by atoms with E-state index in [-0.39, 0.29) is 11.9 Å². The van der Waals surface area contributed by atoms with Gasteiger partial charge in [0.25, 0.3) is 17.8 Å². The first-order chi connectivity index (χ1) is 8.58. The maximum Gasteiger partial charge on any atom is 0.263 e. The van der Waals surface area contributed by atoms with Crippen molar-refractivity contribution in [2.45, 2.75) is 33.6 Å². The van der Waals surface area contributed by atoms with Gasteiger partial charge in [0.15, 0.2) is 0 Å². The van der Waals surface area contributed by atoms with Gasteiger partial charge in [0, 0.05) is 11.6 Å². The molecule has 0 saturated heterocycles. The number of hydrogen-bond donors (Lipinski definition) is 0. The van der Waals surface area contributed by atoms with Crippen molar-refractivity contribution in [2.75, 3.05) is 4.90 Å². The lowest BCUT2D eigenvalue weighted by molar-refractivity contribution is -0.120. The first-order valence-electron chi connectivity index (χ1n) is 5.87. The van der Waals surface area contributed by atoms with E-state index in [1.165, 1.54) is 6.08 Å². The van der Waals surface area contributed by atoms with Crippen molar-refractivity contribution in [1.82, 2.24) is 15.2 Å². The van der Waals surface area contributed by atoms with Gasteiger partial charge in [-0.1, -0.05) is 13.8 Å². The third kappa shape index (κ3) is 1.90. The lowest BCUT2D eigenvalue weighted by Gasteiger charge is -2.13. The Morgan fingerprint density at radius 2 is 1.78 bits per heavy atom. The van der Waals surface area contributed by atoms with Crippen molar-refractivity contribution < 1.29 is 9.59 Å². The highest BCUT2D eigenvalue weighted by atomic mass is 16.2. The summed E-state index contributed by atoms with van der Waals surface area (Å²) in [6, 6.07) is 0. The number of imide groups is 1. The van der Waals surface area contributed by atoms with Gasteiger partial charge in [-0.25, -0.2) is 9.88 Å². The minimum atomic E-state index is -0.411. The number of hydrogen-bond acceptors (Lipinski definition) is 5. The zero-order chi connectivity index (χ0) is 13.3. The second kappa shape index (κ2) is 4.64. The molecule has 2 rings (SSSR count). The van der Waals surface area contributed by atoms with Crippen molar-refractivity contribution in [3.63, 3.8) is 0 Å². The van der Waals surface area contributed by atoms with Gasteiger partial charge in [0.05, 0.1) is 11.4 Å². The fourth-order valence-corrected chi connectivity index (χ4v) is 1.80. The van der Waals surface area contributed by atoms with Crippen LogP contribution in [0.1, 0.15) is 32.2 Å². The van der Waals surface area contributed by atoms with Gasteiger partial charge in [-0.3, -0.25) is 9.59 Å². The minimum absolute atomic E-state index is 0.0622. The number of nitrogens with zero attached hydrogens (tertiary/aromatic N) is 4. The second-order valence-corrected chi connectivity index (χ2v) is 4.02. The molecule has 0 unspecified atom stereocenters. The second-order valence-electron chi connectivity index (χ2n) is 4.02. The predicted molar refractivity (Wildman–Crippen MR) is 64.8 cm³/mol. The standard InChI is InChI=1S/C12H14N4O2/c1-4-8-9(5-2)14-15-12(13-8)16-10(17)6-7(3)11(16)18/h6H,4-5H2,1-3H3. The largest absolute Gasteiger partial charge is 0.269 e. The highest BCUT2D eigenvalue weighted by Gasteiger charge is 2.32. The molecule has 0 N–H and O–H groups in total. The first-order valence-corrected chi connectivity index (χ1v) is 5.87. The van der Waals surface area contributed by atoms with E-state index in [2.05, 4.69) is 15.2 Å². The van der Waals surface area contributed by atoms with Crippen LogP contribution in [-0.2, 0) is 22.4 Å². The molecule has 6 heteroatoms. The maximum atomic E-state index is 11.8. The number of amides is 2. The number of rotatable bonds is 3. The molecule has 94 valence electrons. The Kier molecular flexibility index (Phi) is 3.18. The van der Waals surface area contributed by atoms with Crippen LogP contribution in [0, 0.1) is 0 Å². The number of carbonyl (C=O) groups excluding carboxylic acids is 2. The maximum absolute atomic E-state index is 11.8. The summed E-state index contributed by atoms with van der Waals surface area (Å²) >= 11 is 0. The summed E-state index contributed by atoms with van der Waals surface area (Å²) in [5.41, 5.74) is 1.96. The zero-order valence-corrected chi connectivity index (χ0v) is 10.6. The molecule has 2 heterocycles. The topological polar surface area (TPSA) is 76.1 Å². The summed E-state index contributed by atoms with van der Waals surface area (Å²) in [6.45, 7) is 5.50. The van der Waals surface area contributed by atoms with E-state index >= 15 is 0 Å². The fraction of sp³-hybridized carbons (Fsp3) is 0.417. The Bertz CT molecular complexity index is 551. The van der Waals surface area contributed by atoms with Gasteiger partial charge >= 0.3 is 0 Å². The summed E-state index contributed by atoms with van der Waals surface area (Å²) in [5, 5.41) is 7.89. The van der Waals surface area contributed by atoms with Crippen molar-refractivity contribution in [1.29, 1.82) is 0 Å². The van der Waals surface area contributed by atoms with Gasteiger partial charge in [-0.2, -0.15) is 0 Å². The molecule has 1 aromatic rings. The normalized spacial score (nSPS) is 15.3. The fourth-order valence-electron chi connectivity index (χ4n) is 1.80. The van der Waals surface area contributed by atoms with E-state index in [1.54, 1.807) is 6.92 Å². The molecule has 0 aliphatic carbocycles. The van der Waals surface area contributed by atoms with E-state index in [4.69, 9.17) is 0 Å². The van der Waals surface area contributed by atoms with Crippen LogP contribution in [0.2, 0.25) is 0 Å². The first kappa shape index (κ1) is 12.3. The Labute approximate surface area is 105 Å². The third-order valence-corrected chi connectivity index (χ3v) is 2.80.